The second-order valence-corrected chi connectivity index (χ2v) is 6.87. The minimum Gasteiger partial charge on any atom is -0.493 e. The smallest absolute Gasteiger partial charge is 0.248 e. The van der Waals surface area contributed by atoms with Gasteiger partial charge in [-0.2, -0.15) is 0 Å². The Morgan fingerprint density at radius 2 is 1.78 bits per heavy atom. The molecule has 0 aliphatic heterocycles. The molecule has 23 heavy (non-hydrogen) atoms. The zero-order chi connectivity index (χ0) is 16.8. The highest BCUT2D eigenvalue weighted by Crippen LogP contribution is 2.39. The predicted molar refractivity (Wildman–Crippen MR) is 95.8 cm³/mol. The van der Waals surface area contributed by atoms with Crippen molar-refractivity contribution < 1.29 is 19.0 Å². The molecule has 1 amide bonds. The van der Waals surface area contributed by atoms with Crippen LogP contribution >= 0.6 is 27.3 Å². The van der Waals surface area contributed by atoms with E-state index in [9.17, 15) is 4.79 Å². The third kappa shape index (κ3) is 4.49. The third-order valence-corrected chi connectivity index (χ3v) is 4.51. The molecule has 0 spiro atoms. The number of anilines is 1. The summed E-state index contributed by atoms with van der Waals surface area (Å²) < 4.78 is 16.8. The number of hydrogen-bond acceptors (Lipinski definition) is 5. The number of carbonyl (C=O) groups excluding carboxylic acids is 1. The molecular formula is C16H16BrNO4S. The van der Waals surface area contributed by atoms with Gasteiger partial charge >= 0.3 is 0 Å². The van der Waals surface area contributed by atoms with E-state index < -0.39 is 0 Å². The number of methoxy groups -OCH3 is 3. The average Bonchev–Trinajstić information content (AvgIpc) is 2.97. The SMILES string of the molecule is COc1cc(NC(=O)/C=C/c2ccc(Br)s2)cc(OC)c1OC. The first kappa shape index (κ1) is 17.4. The van der Waals surface area contributed by atoms with Gasteiger partial charge in [0.25, 0.3) is 0 Å². The van der Waals surface area contributed by atoms with Gasteiger partial charge in [-0.1, -0.05) is 0 Å². The highest BCUT2D eigenvalue weighted by Gasteiger charge is 2.13. The highest BCUT2D eigenvalue weighted by atomic mass is 79.9. The standard InChI is InChI=1S/C16H16BrNO4S/c1-20-12-8-10(9-13(21-2)16(12)22-3)18-15(19)7-5-11-4-6-14(17)23-11/h4-9H,1-3H3,(H,18,19)/b7-5+. The van der Waals surface area contributed by atoms with Crippen molar-refractivity contribution in [3.05, 3.63) is 39.0 Å². The van der Waals surface area contributed by atoms with E-state index in [1.54, 1.807) is 29.5 Å². The van der Waals surface area contributed by atoms with Crippen molar-refractivity contribution in [1.29, 1.82) is 0 Å². The summed E-state index contributed by atoms with van der Waals surface area (Å²) >= 11 is 4.93. The fourth-order valence-corrected chi connectivity index (χ4v) is 3.24. The van der Waals surface area contributed by atoms with Gasteiger partial charge in [0.05, 0.1) is 25.1 Å². The van der Waals surface area contributed by atoms with Crippen molar-refractivity contribution in [1.82, 2.24) is 0 Å². The van der Waals surface area contributed by atoms with Gasteiger partial charge in [0, 0.05) is 28.8 Å². The van der Waals surface area contributed by atoms with Gasteiger partial charge in [0.2, 0.25) is 11.7 Å². The quantitative estimate of drug-likeness (QED) is 0.742. The number of ether oxygens (including phenoxy) is 3. The van der Waals surface area contributed by atoms with Gasteiger partial charge in [0.1, 0.15) is 0 Å². The number of nitrogens with one attached hydrogen (secondary N) is 1. The van der Waals surface area contributed by atoms with E-state index in [-0.39, 0.29) is 5.91 Å². The second kappa shape index (κ2) is 8.03. The summed E-state index contributed by atoms with van der Waals surface area (Å²) in [7, 11) is 4.58. The van der Waals surface area contributed by atoms with E-state index in [0.29, 0.717) is 22.9 Å². The number of thiophene rings is 1. The van der Waals surface area contributed by atoms with E-state index in [4.69, 9.17) is 14.2 Å². The summed E-state index contributed by atoms with van der Waals surface area (Å²) in [6.07, 6.45) is 3.23. The second-order valence-electron chi connectivity index (χ2n) is 4.38. The molecule has 1 heterocycles. The molecule has 0 fully saturated rings. The Balaban J connectivity index is 2.15. The van der Waals surface area contributed by atoms with E-state index >= 15 is 0 Å². The minimum absolute atomic E-state index is 0.246. The Hall–Kier alpha value is -1.99. The van der Waals surface area contributed by atoms with Crippen LogP contribution in [0.3, 0.4) is 0 Å². The van der Waals surface area contributed by atoms with E-state index in [1.807, 2.05) is 12.1 Å². The summed E-state index contributed by atoms with van der Waals surface area (Å²) in [5.41, 5.74) is 0.557. The number of benzene rings is 1. The van der Waals surface area contributed by atoms with E-state index in [0.717, 1.165) is 8.66 Å². The van der Waals surface area contributed by atoms with Crippen molar-refractivity contribution >= 4 is 44.9 Å². The Morgan fingerprint density at radius 1 is 1.13 bits per heavy atom. The van der Waals surface area contributed by atoms with Crippen LogP contribution in [0.4, 0.5) is 5.69 Å². The molecule has 1 aromatic heterocycles. The number of rotatable bonds is 6. The van der Waals surface area contributed by atoms with Gasteiger partial charge in [-0.25, -0.2) is 0 Å². The molecule has 1 N–H and O–H groups in total. The highest BCUT2D eigenvalue weighted by molar-refractivity contribution is 9.11. The molecule has 0 bridgehead atoms. The van der Waals surface area contributed by atoms with Crippen molar-refractivity contribution in [2.75, 3.05) is 26.6 Å². The fraction of sp³-hybridized carbons (Fsp3) is 0.188. The summed E-state index contributed by atoms with van der Waals surface area (Å²) in [5.74, 6) is 1.19. The molecule has 0 atom stereocenters. The third-order valence-electron chi connectivity index (χ3n) is 2.93. The molecule has 2 rings (SSSR count). The van der Waals surface area contributed by atoms with Crippen LogP contribution in [0.15, 0.2) is 34.1 Å². The Bertz CT molecular complexity index is 702. The van der Waals surface area contributed by atoms with Crippen molar-refractivity contribution in [3.63, 3.8) is 0 Å². The summed E-state index contributed by atoms with van der Waals surface area (Å²) in [5, 5.41) is 2.77. The van der Waals surface area contributed by atoms with Crippen LogP contribution in [-0.2, 0) is 4.79 Å². The first-order valence-electron chi connectivity index (χ1n) is 6.61. The maximum absolute atomic E-state index is 12.0. The summed E-state index contributed by atoms with van der Waals surface area (Å²) in [6, 6.07) is 7.21. The lowest BCUT2D eigenvalue weighted by Crippen LogP contribution is -2.08. The first-order valence-corrected chi connectivity index (χ1v) is 8.22. The Labute approximate surface area is 147 Å². The molecule has 0 saturated heterocycles. The van der Waals surface area contributed by atoms with Gasteiger partial charge in [-0.3, -0.25) is 4.79 Å². The van der Waals surface area contributed by atoms with E-state index in [1.165, 1.54) is 27.4 Å². The molecule has 122 valence electrons. The Morgan fingerprint density at radius 3 is 2.26 bits per heavy atom. The molecule has 1 aromatic carbocycles. The zero-order valence-electron chi connectivity index (χ0n) is 12.9. The van der Waals surface area contributed by atoms with Crippen molar-refractivity contribution in [2.45, 2.75) is 0 Å². The van der Waals surface area contributed by atoms with Gasteiger partial charge in [0.15, 0.2) is 11.5 Å². The molecule has 0 aliphatic carbocycles. The molecule has 0 aliphatic rings. The lowest BCUT2D eigenvalue weighted by molar-refractivity contribution is -0.111. The van der Waals surface area contributed by atoms with Crippen LogP contribution in [-0.4, -0.2) is 27.2 Å². The van der Waals surface area contributed by atoms with Gasteiger partial charge < -0.3 is 19.5 Å². The molecule has 0 unspecified atom stereocenters. The summed E-state index contributed by atoms with van der Waals surface area (Å²) in [6.45, 7) is 0. The van der Waals surface area contributed by atoms with Crippen molar-refractivity contribution in [3.8, 4) is 17.2 Å². The number of amides is 1. The lowest BCUT2D eigenvalue weighted by atomic mass is 10.2. The van der Waals surface area contributed by atoms with Crippen LogP contribution < -0.4 is 19.5 Å². The fourth-order valence-electron chi connectivity index (χ4n) is 1.91. The van der Waals surface area contributed by atoms with Gasteiger partial charge in [-0.15, -0.1) is 11.3 Å². The van der Waals surface area contributed by atoms with E-state index in [2.05, 4.69) is 21.2 Å². The lowest BCUT2D eigenvalue weighted by Gasteiger charge is -2.14. The largest absolute Gasteiger partial charge is 0.493 e. The number of hydrogen-bond donors (Lipinski definition) is 1. The van der Waals surface area contributed by atoms with Crippen LogP contribution in [0.5, 0.6) is 17.2 Å². The maximum Gasteiger partial charge on any atom is 0.248 e. The van der Waals surface area contributed by atoms with Crippen LogP contribution in [0, 0.1) is 0 Å². The van der Waals surface area contributed by atoms with Crippen LogP contribution in [0.2, 0.25) is 0 Å². The Kier molecular flexibility index (Phi) is 6.06. The molecule has 7 heteroatoms. The molecule has 0 saturated carbocycles. The molecule has 2 aromatic rings. The summed E-state index contributed by atoms with van der Waals surface area (Å²) in [4.78, 5) is 13.0. The molecule has 0 radical (unpaired) electrons. The normalized spacial score (nSPS) is 10.6. The molecular weight excluding hydrogens is 382 g/mol. The topological polar surface area (TPSA) is 56.8 Å². The predicted octanol–water partition coefficient (Wildman–Crippen LogP) is 4.19. The minimum atomic E-state index is -0.246. The average molecular weight is 398 g/mol. The van der Waals surface area contributed by atoms with Gasteiger partial charge in [-0.05, 0) is 34.1 Å². The van der Waals surface area contributed by atoms with Crippen LogP contribution in [0.1, 0.15) is 4.88 Å². The zero-order valence-corrected chi connectivity index (χ0v) is 15.3. The molecule has 5 nitrogen and oxygen atoms in total. The number of carbonyl (C=O) groups is 1. The monoisotopic (exact) mass is 397 g/mol. The maximum atomic E-state index is 12.0. The van der Waals surface area contributed by atoms with Crippen molar-refractivity contribution in [2.24, 2.45) is 0 Å². The van der Waals surface area contributed by atoms with Crippen LogP contribution in [0.25, 0.3) is 6.08 Å². The number of halogens is 1. The first-order chi connectivity index (χ1) is 11.1.